The van der Waals surface area contributed by atoms with E-state index in [2.05, 4.69) is 0 Å². The highest BCUT2D eigenvalue weighted by atomic mass is 35.5. The summed E-state index contributed by atoms with van der Waals surface area (Å²) in [7, 11) is 0. The molecule has 0 aliphatic heterocycles. The summed E-state index contributed by atoms with van der Waals surface area (Å²) in [6, 6.07) is 8.74. The Kier molecular flexibility index (Phi) is 4.13. The summed E-state index contributed by atoms with van der Waals surface area (Å²) in [4.78, 5) is 0. The van der Waals surface area contributed by atoms with E-state index in [-0.39, 0.29) is 17.5 Å². The smallest absolute Gasteiger partial charge is 0.160 e. The van der Waals surface area contributed by atoms with Crippen molar-refractivity contribution in [2.75, 3.05) is 5.75 Å². The molecule has 0 spiro atoms. The van der Waals surface area contributed by atoms with Gasteiger partial charge < -0.3 is 0 Å². The molecule has 0 fully saturated rings. The van der Waals surface area contributed by atoms with E-state index in [1.54, 1.807) is 30.3 Å². The Morgan fingerprint density at radius 1 is 1.21 bits per heavy atom. The Morgan fingerprint density at radius 3 is 2.29 bits per heavy atom. The Balaban J connectivity index is 2.48. The fourth-order valence-electron chi connectivity index (χ4n) is 0.926. The standard InChI is InChI=1S/C9H8ClF3S/c10-8(6-14-9(11,12)13)7-4-2-1-3-5-7/h1-5,8H,6H2. The highest BCUT2D eigenvalue weighted by molar-refractivity contribution is 8.00. The van der Waals surface area contributed by atoms with Crippen LogP contribution >= 0.6 is 23.4 Å². The normalized spacial score (nSPS) is 14.0. The summed E-state index contributed by atoms with van der Waals surface area (Å²) in [5.41, 5.74) is -3.49. The molecule has 0 aromatic heterocycles. The van der Waals surface area contributed by atoms with Crippen molar-refractivity contribution in [3.63, 3.8) is 0 Å². The lowest BCUT2D eigenvalue weighted by molar-refractivity contribution is -0.0327. The summed E-state index contributed by atoms with van der Waals surface area (Å²) >= 11 is 5.70. The minimum absolute atomic E-state index is 0.0954. The summed E-state index contributed by atoms with van der Waals surface area (Å²) in [5, 5.41) is -0.595. The molecule has 0 aliphatic rings. The van der Waals surface area contributed by atoms with Crippen LogP contribution < -0.4 is 0 Å². The summed E-state index contributed by atoms with van der Waals surface area (Å²) < 4.78 is 35.5. The quantitative estimate of drug-likeness (QED) is 0.713. The van der Waals surface area contributed by atoms with Crippen molar-refractivity contribution in [3.05, 3.63) is 35.9 Å². The molecule has 78 valence electrons. The van der Waals surface area contributed by atoms with E-state index in [9.17, 15) is 13.2 Å². The van der Waals surface area contributed by atoms with Crippen molar-refractivity contribution >= 4 is 23.4 Å². The monoisotopic (exact) mass is 240 g/mol. The van der Waals surface area contributed by atoms with E-state index in [0.29, 0.717) is 5.56 Å². The first-order chi connectivity index (χ1) is 6.49. The number of alkyl halides is 4. The molecule has 1 aromatic carbocycles. The fourth-order valence-corrected chi connectivity index (χ4v) is 1.79. The second-order valence-corrected chi connectivity index (χ2v) is 4.25. The van der Waals surface area contributed by atoms with Crippen LogP contribution in [0, 0.1) is 0 Å². The molecule has 1 atom stereocenters. The van der Waals surface area contributed by atoms with Gasteiger partial charge in [-0.1, -0.05) is 30.3 Å². The highest BCUT2D eigenvalue weighted by Crippen LogP contribution is 2.35. The van der Waals surface area contributed by atoms with Crippen LogP contribution in [0.1, 0.15) is 10.9 Å². The summed E-state index contributed by atoms with van der Waals surface area (Å²) in [6.45, 7) is 0. The van der Waals surface area contributed by atoms with Gasteiger partial charge in [0.15, 0.2) is 0 Å². The molecule has 0 amide bonds. The number of hydrogen-bond donors (Lipinski definition) is 0. The molecule has 0 saturated heterocycles. The Hall–Kier alpha value is -0.350. The van der Waals surface area contributed by atoms with Crippen molar-refractivity contribution in [1.29, 1.82) is 0 Å². The van der Waals surface area contributed by atoms with E-state index in [0.717, 1.165) is 0 Å². The van der Waals surface area contributed by atoms with E-state index in [1.807, 2.05) is 0 Å². The van der Waals surface area contributed by atoms with Crippen molar-refractivity contribution in [2.24, 2.45) is 0 Å². The topological polar surface area (TPSA) is 0 Å². The zero-order valence-electron chi connectivity index (χ0n) is 7.09. The van der Waals surface area contributed by atoms with Crippen molar-refractivity contribution in [3.8, 4) is 0 Å². The molecule has 0 bridgehead atoms. The van der Waals surface area contributed by atoms with Gasteiger partial charge in [0.25, 0.3) is 0 Å². The van der Waals surface area contributed by atoms with Crippen LogP contribution in [0.3, 0.4) is 0 Å². The van der Waals surface area contributed by atoms with Gasteiger partial charge >= 0.3 is 5.51 Å². The molecule has 1 unspecified atom stereocenters. The van der Waals surface area contributed by atoms with E-state index in [1.165, 1.54) is 0 Å². The molecule has 1 rings (SSSR count). The largest absolute Gasteiger partial charge is 0.441 e. The van der Waals surface area contributed by atoms with Crippen molar-refractivity contribution < 1.29 is 13.2 Å². The third-order valence-electron chi connectivity index (χ3n) is 1.55. The maximum atomic E-state index is 11.8. The molecule has 0 saturated carbocycles. The van der Waals surface area contributed by atoms with Crippen molar-refractivity contribution in [1.82, 2.24) is 0 Å². The number of thioether (sulfide) groups is 1. The van der Waals surface area contributed by atoms with Gasteiger partial charge in [-0.15, -0.1) is 11.6 Å². The minimum atomic E-state index is -4.21. The zero-order valence-corrected chi connectivity index (χ0v) is 8.66. The van der Waals surface area contributed by atoms with Gasteiger partial charge in [-0.2, -0.15) is 13.2 Å². The number of halogens is 4. The van der Waals surface area contributed by atoms with Crippen LogP contribution in [0.5, 0.6) is 0 Å². The Bertz CT molecular complexity index is 273. The van der Waals surface area contributed by atoms with Gasteiger partial charge in [0.1, 0.15) is 0 Å². The fraction of sp³-hybridized carbons (Fsp3) is 0.333. The van der Waals surface area contributed by atoms with Gasteiger partial charge in [-0.3, -0.25) is 0 Å². The lowest BCUT2D eigenvalue weighted by atomic mass is 10.2. The second kappa shape index (κ2) is 4.94. The minimum Gasteiger partial charge on any atom is -0.160 e. The number of rotatable bonds is 3. The Morgan fingerprint density at radius 2 is 1.79 bits per heavy atom. The second-order valence-electron chi connectivity index (χ2n) is 2.63. The SMILES string of the molecule is FC(F)(F)SCC(Cl)c1ccccc1. The first-order valence-electron chi connectivity index (χ1n) is 3.89. The Labute approximate surface area is 89.4 Å². The van der Waals surface area contributed by atoms with Crippen LogP contribution in [0.2, 0.25) is 0 Å². The third-order valence-corrected chi connectivity index (χ3v) is 2.97. The molecular formula is C9H8ClF3S. The number of benzene rings is 1. The van der Waals surface area contributed by atoms with Gasteiger partial charge in [-0.05, 0) is 17.3 Å². The van der Waals surface area contributed by atoms with E-state index < -0.39 is 10.9 Å². The predicted molar refractivity (Wildman–Crippen MR) is 53.5 cm³/mol. The molecule has 0 heterocycles. The first kappa shape index (κ1) is 11.7. The van der Waals surface area contributed by atoms with E-state index >= 15 is 0 Å². The number of hydrogen-bond acceptors (Lipinski definition) is 1. The van der Waals surface area contributed by atoms with Crippen molar-refractivity contribution in [2.45, 2.75) is 10.9 Å². The molecule has 14 heavy (non-hydrogen) atoms. The van der Waals surface area contributed by atoms with Crippen LogP contribution in [0.15, 0.2) is 30.3 Å². The lowest BCUT2D eigenvalue weighted by Gasteiger charge is -2.10. The van der Waals surface area contributed by atoms with Gasteiger partial charge in [0, 0.05) is 5.75 Å². The van der Waals surface area contributed by atoms with Crippen LogP contribution in [0.25, 0.3) is 0 Å². The van der Waals surface area contributed by atoms with Crippen LogP contribution in [0.4, 0.5) is 13.2 Å². The van der Waals surface area contributed by atoms with Gasteiger partial charge in [0.05, 0.1) is 5.38 Å². The molecule has 5 heteroatoms. The van der Waals surface area contributed by atoms with Gasteiger partial charge in [-0.25, -0.2) is 0 Å². The molecular weight excluding hydrogens is 233 g/mol. The highest BCUT2D eigenvalue weighted by Gasteiger charge is 2.29. The maximum Gasteiger partial charge on any atom is 0.441 e. The van der Waals surface area contributed by atoms with E-state index in [4.69, 9.17) is 11.6 Å². The third kappa shape index (κ3) is 4.24. The van der Waals surface area contributed by atoms with Crippen LogP contribution in [-0.2, 0) is 0 Å². The zero-order chi connectivity index (χ0) is 10.6. The first-order valence-corrected chi connectivity index (χ1v) is 5.31. The lowest BCUT2D eigenvalue weighted by Crippen LogP contribution is -2.04. The van der Waals surface area contributed by atoms with Crippen LogP contribution in [-0.4, -0.2) is 11.3 Å². The van der Waals surface area contributed by atoms with Gasteiger partial charge in [0.2, 0.25) is 0 Å². The molecule has 0 N–H and O–H groups in total. The molecule has 0 aliphatic carbocycles. The molecule has 1 aromatic rings. The molecule has 0 nitrogen and oxygen atoms in total. The maximum absolute atomic E-state index is 11.8. The summed E-state index contributed by atoms with van der Waals surface area (Å²) in [5.74, 6) is -0.158. The molecule has 0 radical (unpaired) electrons. The average molecular weight is 241 g/mol. The predicted octanol–water partition coefficient (Wildman–Crippen LogP) is 4.22. The summed E-state index contributed by atoms with van der Waals surface area (Å²) in [6.07, 6.45) is 0. The average Bonchev–Trinajstić information content (AvgIpc) is 2.14.